The van der Waals surface area contributed by atoms with E-state index in [4.69, 9.17) is 11.6 Å². The van der Waals surface area contributed by atoms with Crippen LogP contribution in [0.15, 0.2) is 74.5 Å². The highest BCUT2D eigenvalue weighted by Crippen LogP contribution is 2.32. The fourth-order valence-electron chi connectivity index (χ4n) is 2.65. The minimum absolute atomic E-state index is 0.0545. The van der Waals surface area contributed by atoms with Crippen LogP contribution in [0.4, 0.5) is 10.1 Å². The fraction of sp³-hybridized carbons (Fsp3) is 0.0455. The molecule has 0 N–H and O–H groups in total. The van der Waals surface area contributed by atoms with Gasteiger partial charge in [0, 0.05) is 21.8 Å². The van der Waals surface area contributed by atoms with Gasteiger partial charge in [-0.2, -0.15) is 0 Å². The number of benzene rings is 3. The van der Waals surface area contributed by atoms with Crippen molar-refractivity contribution >= 4 is 78.5 Å². The van der Waals surface area contributed by atoms with Gasteiger partial charge in [-0.05, 0) is 42.5 Å². The molecule has 3 nitrogen and oxygen atoms in total. The predicted octanol–water partition coefficient (Wildman–Crippen LogP) is 7.58. The number of thioether (sulfide) groups is 1. The highest BCUT2D eigenvalue weighted by Gasteiger charge is 2.10. The summed E-state index contributed by atoms with van der Waals surface area (Å²) < 4.78 is 16.6. The molecule has 0 aliphatic rings. The maximum atomic E-state index is 13.9. The van der Waals surface area contributed by atoms with Crippen molar-refractivity contribution in [1.82, 2.24) is 4.98 Å². The molecule has 150 valence electrons. The standard InChI is InChI=1S/C22H13BrClFN2OS2/c23-14-6-4-13(5-7-14)20(28)12-29-22-27-19-9-8-15(10-21(19)30-22)26-11-16-17(24)2-1-3-18(16)25/h1-11H,12H2. The first kappa shape index (κ1) is 21.2. The molecule has 1 heterocycles. The smallest absolute Gasteiger partial charge is 0.173 e. The summed E-state index contributed by atoms with van der Waals surface area (Å²) in [6.07, 6.45) is 1.42. The van der Waals surface area contributed by atoms with Gasteiger partial charge in [-0.25, -0.2) is 9.37 Å². The summed E-state index contributed by atoms with van der Waals surface area (Å²) >= 11 is 12.3. The van der Waals surface area contributed by atoms with Gasteiger partial charge in [-0.1, -0.05) is 57.5 Å². The van der Waals surface area contributed by atoms with E-state index >= 15 is 0 Å². The number of aromatic nitrogens is 1. The normalized spacial score (nSPS) is 11.4. The van der Waals surface area contributed by atoms with Crippen LogP contribution in [-0.2, 0) is 0 Å². The SMILES string of the molecule is O=C(CSc1nc2ccc(N=Cc3c(F)cccc3Cl)cc2s1)c1ccc(Br)cc1. The van der Waals surface area contributed by atoms with Crippen LogP contribution in [0.2, 0.25) is 5.02 Å². The highest BCUT2D eigenvalue weighted by atomic mass is 79.9. The number of nitrogens with zero attached hydrogens (tertiary/aromatic N) is 2. The lowest BCUT2D eigenvalue weighted by Crippen LogP contribution is -2.01. The second-order valence-electron chi connectivity index (χ2n) is 6.24. The molecule has 0 bridgehead atoms. The second kappa shape index (κ2) is 9.39. The number of ketones is 1. The van der Waals surface area contributed by atoms with Crippen LogP contribution in [0.5, 0.6) is 0 Å². The molecule has 3 aromatic carbocycles. The van der Waals surface area contributed by atoms with Crippen molar-refractivity contribution in [3.8, 4) is 0 Å². The van der Waals surface area contributed by atoms with Crippen molar-refractivity contribution < 1.29 is 9.18 Å². The third-order valence-corrected chi connectivity index (χ3v) is 7.21. The van der Waals surface area contributed by atoms with E-state index in [2.05, 4.69) is 25.9 Å². The lowest BCUT2D eigenvalue weighted by atomic mass is 10.2. The largest absolute Gasteiger partial charge is 0.293 e. The van der Waals surface area contributed by atoms with Gasteiger partial charge in [0.15, 0.2) is 10.1 Å². The van der Waals surface area contributed by atoms with Crippen LogP contribution >= 0.6 is 50.6 Å². The van der Waals surface area contributed by atoms with Gasteiger partial charge in [0.05, 0.1) is 26.7 Å². The van der Waals surface area contributed by atoms with Gasteiger partial charge in [0.25, 0.3) is 0 Å². The molecular weight excluding hydrogens is 507 g/mol. The quantitative estimate of drug-likeness (QED) is 0.150. The van der Waals surface area contributed by atoms with Crippen molar-refractivity contribution in [3.05, 3.63) is 87.1 Å². The molecule has 0 aliphatic carbocycles. The van der Waals surface area contributed by atoms with Gasteiger partial charge >= 0.3 is 0 Å². The lowest BCUT2D eigenvalue weighted by molar-refractivity contribution is 0.102. The number of carbonyl (C=O) groups excluding carboxylic acids is 1. The molecule has 0 unspecified atom stereocenters. The average molecular weight is 520 g/mol. The van der Waals surface area contributed by atoms with E-state index in [1.54, 1.807) is 24.3 Å². The van der Waals surface area contributed by atoms with E-state index < -0.39 is 5.82 Å². The predicted molar refractivity (Wildman–Crippen MR) is 127 cm³/mol. The third kappa shape index (κ3) is 4.98. The Bertz CT molecular complexity index is 1240. The Hall–Kier alpha value is -2.06. The second-order valence-corrected chi connectivity index (χ2v) is 9.82. The van der Waals surface area contributed by atoms with Gasteiger partial charge in [0.2, 0.25) is 0 Å². The van der Waals surface area contributed by atoms with Crippen LogP contribution in [0, 0.1) is 5.82 Å². The monoisotopic (exact) mass is 518 g/mol. The molecule has 0 radical (unpaired) electrons. The Labute approximate surface area is 194 Å². The number of fused-ring (bicyclic) bond motifs is 1. The maximum Gasteiger partial charge on any atom is 0.173 e. The lowest BCUT2D eigenvalue weighted by Gasteiger charge is -1.99. The van der Waals surface area contributed by atoms with E-state index in [1.165, 1.54) is 35.4 Å². The molecule has 0 saturated carbocycles. The fourth-order valence-corrected chi connectivity index (χ4v) is 5.13. The zero-order chi connectivity index (χ0) is 21.1. The Balaban J connectivity index is 1.48. The van der Waals surface area contributed by atoms with Crippen molar-refractivity contribution in [2.45, 2.75) is 4.34 Å². The van der Waals surface area contributed by atoms with Gasteiger partial charge < -0.3 is 0 Å². The summed E-state index contributed by atoms with van der Waals surface area (Å²) in [6, 6.07) is 17.4. The number of rotatable bonds is 6. The molecule has 0 fully saturated rings. The summed E-state index contributed by atoms with van der Waals surface area (Å²) in [5.41, 5.74) is 2.44. The maximum absolute atomic E-state index is 13.9. The molecular formula is C22H13BrClFN2OS2. The van der Waals surface area contributed by atoms with Crippen LogP contribution in [-0.4, -0.2) is 22.7 Å². The van der Waals surface area contributed by atoms with Crippen molar-refractivity contribution in [1.29, 1.82) is 0 Å². The van der Waals surface area contributed by atoms with Crippen LogP contribution in [0.3, 0.4) is 0 Å². The third-order valence-electron chi connectivity index (χ3n) is 4.19. The molecule has 0 amide bonds. The van der Waals surface area contributed by atoms with E-state index in [-0.39, 0.29) is 11.3 Å². The minimum atomic E-state index is -0.417. The summed E-state index contributed by atoms with van der Waals surface area (Å²) in [7, 11) is 0. The topological polar surface area (TPSA) is 42.3 Å². The number of hydrogen-bond donors (Lipinski definition) is 0. The number of hydrogen-bond acceptors (Lipinski definition) is 5. The first-order chi connectivity index (χ1) is 14.5. The summed E-state index contributed by atoms with van der Waals surface area (Å²) in [4.78, 5) is 21.3. The molecule has 4 rings (SSSR count). The van der Waals surface area contributed by atoms with E-state index in [1.807, 2.05) is 30.3 Å². The number of halogens is 3. The van der Waals surface area contributed by atoms with Gasteiger partial charge in [-0.15, -0.1) is 11.3 Å². The summed E-state index contributed by atoms with van der Waals surface area (Å²) in [5.74, 6) is -0.0452. The molecule has 0 aliphatic heterocycles. The minimum Gasteiger partial charge on any atom is -0.293 e. The molecule has 0 saturated heterocycles. The molecule has 8 heteroatoms. The number of Topliss-reactive ketones (excluding diaryl/α,β-unsaturated/α-hetero) is 1. The van der Waals surface area contributed by atoms with Crippen molar-refractivity contribution in [3.63, 3.8) is 0 Å². The van der Waals surface area contributed by atoms with Crippen LogP contribution in [0.1, 0.15) is 15.9 Å². The molecule has 1 aromatic heterocycles. The van der Waals surface area contributed by atoms with Gasteiger partial charge in [0.1, 0.15) is 5.82 Å². The van der Waals surface area contributed by atoms with Crippen LogP contribution < -0.4 is 0 Å². The Morgan fingerprint density at radius 2 is 2.00 bits per heavy atom. The van der Waals surface area contributed by atoms with E-state index in [0.717, 1.165) is 19.0 Å². The number of carbonyl (C=O) groups is 1. The van der Waals surface area contributed by atoms with Crippen LogP contribution in [0.25, 0.3) is 10.2 Å². The van der Waals surface area contributed by atoms with E-state index in [0.29, 0.717) is 22.0 Å². The molecule has 0 atom stereocenters. The first-order valence-electron chi connectivity index (χ1n) is 8.80. The Kier molecular flexibility index (Phi) is 6.63. The molecule has 30 heavy (non-hydrogen) atoms. The summed E-state index contributed by atoms with van der Waals surface area (Å²) in [6.45, 7) is 0. The Morgan fingerprint density at radius 3 is 2.77 bits per heavy atom. The van der Waals surface area contributed by atoms with Gasteiger partial charge in [-0.3, -0.25) is 9.79 Å². The first-order valence-corrected chi connectivity index (χ1v) is 11.8. The average Bonchev–Trinajstić information content (AvgIpc) is 3.14. The van der Waals surface area contributed by atoms with Crippen molar-refractivity contribution in [2.75, 3.05) is 5.75 Å². The summed E-state index contributed by atoms with van der Waals surface area (Å²) in [5, 5.41) is 0.312. The molecule has 0 spiro atoms. The number of thiazole rings is 1. The Morgan fingerprint density at radius 1 is 1.20 bits per heavy atom. The zero-order valence-electron chi connectivity index (χ0n) is 15.3. The zero-order valence-corrected chi connectivity index (χ0v) is 19.3. The van der Waals surface area contributed by atoms with E-state index in [9.17, 15) is 9.18 Å². The highest BCUT2D eigenvalue weighted by molar-refractivity contribution is 9.10. The molecule has 4 aromatic rings. The van der Waals surface area contributed by atoms with Crippen molar-refractivity contribution in [2.24, 2.45) is 4.99 Å². The number of aliphatic imine (C=N–C) groups is 1.